The Hall–Kier alpha value is -2.17. The number of carbonyl (C=O) groups excluding carboxylic acids is 1. The highest BCUT2D eigenvalue weighted by Crippen LogP contribution is 2.30. The van der Waals surface area contributed by atoms with Crippen LogP contribution in [0.2, 0.25) is 0 Å². The molecule has 3 heterocycles. The summed E-state index contributed by atoms with van der Waals surface area (Å²) < 4.78 is 2.01. The van der Waals surface area contributed by atoms with Crippen LogP contribution in [0.25, 0.3) is 5.82 Å². The van der Waals surface area contributed by atoms with Gasteiger partial charge in [-0.05, 0) is 30.9 Å². The molecule has 1 atom stereocenters. The SMILES string of the molecule is CCc1nccn1-c1ccc(C2CCCCN2C(C)=O)cn1. The van der Waals surface area contributed by atoms with E-state index in [-0.39, 0.29) is 11.9 Å². The molecule has 2 aromatic heterocycles. The molecule has 0 aromatic carbocycles. The molecule has 116 valence electrons. The second kappa shape index (κ2) is 6.30. The third kappa shape index (κ3) is 2.75. The molecule has 0 N–H and O–H groups in total. The van der Waals surface area contributed by atoms with E-state index in [0.29, 0.717) is 0 Å². The van der Waals surface area contributed by atoms with Crippen molar-refractivity contribution in [1.82, 2.24) is 19.4 Å². The number of likely N-dealkylation sites (tertiary alicyclic amines) is 1. The molecule has 1 amide bonds. The first-order chi connectivity index (χ1) is 10.7. The van der Waals surface area contributed by atoms with Gasteiger partial charge in [0, 0.05) is 38.5 Å². The van der Waals surface area contributed by atoms with Crippen LogP contribution in [0.4, 0.5) is 0 Å². The molecule has 5 heteroatoms. The van der Waals surface area contributed by atoms with E-state index in [1.54, 1.807) is 13.1 Å². The van der Waals surface area contributed by atoms with Crippen LogP contribution >= 0.6 is 0 Å². The van der Waals surface area contributed by atoms with Crippen molar-refractivity contribution in [2.24, 2.45) is 0 Å². The van der Waals surface area contributed by atoms with Gasteiger partial charge in [-0.3, -0.25) is 9.36 Å². The Labute approximate surface area is 131 Å². The molecular formula is C17H22N4O. The number of aromatic nitrogens is 3. The molecule has 1 aliphatic heterocycles. The van der Waals surface area contributed by atoms with Gasteiger partial charge < -0.3 is 4.90 Å². The third-order valence-electron chi connectivity index (χ3n) is 4.34. The van der Waals surface area contributed by atoms with E-state index in [1.807, 2.05) is 27.9 Å². The highest BCUT2D eigenvalue weighted by Gasteiger charge is 2.26. The largest absolute Gasteiger partial charge is 0.336 e. The van der Waals surface area contributed by atoms with Crippen molar-refractivity contribution in [1.29, 1.82) is 0 Å². The molecule has 1 fully saturated rings. The standard InChI is InChI=1S/C17H22N4O/c1-3-16-18-9-11-21(16)17-8-7-14(12-19-17)15-6-4-5-10-20(15)13(2)22/h7-9,11-12,15H,3-6,10H2,1-2H3. The van der Waals surface area contributed by atoms with Gasteiger partial charge in [-0.15, -0.1) is 0 Å². The van der Waals surface area contributed by atoms with E-state index in [2.05, 4.69) is 23.0 Å². The molecule has 0 saturated carbocycles. The highest BCUT2D eigenvalue weighted by atomic mass is 16.2. The minimum atomic E-state index is 0.150. The van der Waals surface area contributed by atoms with Crippen molar-refractivity contribution >= 4 is 5.91 Å². The Morgan fingerprint density at radius 1 is 1.32 bits per heavy atom. The number of hydrogen-bond acceptors (Lipinski definition) is 3. The molecule has 0 spiro atoms. The summed E-state index contributed by atoms with van der Waals surface area (Å²) in [5.41, 5.74) is 1.12. The number of imidazole rings is 1. The molecule has 1 aliphatic rings. The van der Waals surface area contributed by atoms with Gasteiger partial charge in [0.05, 0.1) is 6.04 Å². The monoisotopic (exact) mass is 298 g/mol. The topological polar surface area (TPSA) is 51.0 Å². The van der Waals surface area contributed by atoms with Crippen molar-refractivity contribution in [3.63, 3.8) is 0 Å². The quantitative estimate of drug-likeness (QED) is 0.875. The minimum absolute atomic E-state index is 0.150. The van der Waals surface area contributed by atoms with Crippen molar-refractivity contribution in [2.45, 2.75) is 45.6 Å². The summed E-state index contributed by atoms with van der Waals surface area (Å²) in [4.78, 5) is 22.7. The molecule has 0 bridgehead atoms. The number of aryl methyl sites for hydroxylation is 1. The van der Waals surface area contributed by atoms with Gasteiger partial charge >= 0.3 is 0 Å². The zero-order valence-corrected chi connectivity index (χ0v) is 13.2. The first-order valence-corrected chi connectivity index (χ1v) is 7.96. The predicted molar refractivity (Wildman–Crippen MR) is 84.7 cm³/mol. The number of carbonyl (C=O) groups is 1. The number of nitrogens with zero attached hydrogens (tertiary/aromatic N) is 4. The minimum Gasteiger partial charge on any atom is -0.336 e. The van der Waals surface area contributed by atoms with Crippen molar-refractivity contribution in [2.75, 3.05) is 6.54 Å². The van der Waals surface area contributed by atoms with Crippen LogP contribution in [0.15, 0.2) is 30.7 Å². The normalized spacial score (nSPS) is 18.5. The number of piperidine rings is 1. The second-order valence-corrected chi connectivity index (χ2v) is 5.74. The lowest BCUT2D eigenvalue weighted by Crippen LogP contribution is -2.36. The van der Waals surface area contributed by atoms with Crippen LogP contribution in [0.3, 0.4) is 0 Å². The molecule has 5 nitrogen and oxygen atoms in total. The molecule has 1 unspecified atom stereocenters. The Kier molecular flexibility index (Phi) is 4.22. The average Bonchev–Trinajstić information content (AvgIpc) is 3.03. The summed E-state index contributed by atoms with van der Waals surface area (Å²) in [5, 5.41) is 0. The van der Waals surface area contributed by atoms with Gasteiger partial charge in [0.2, 0.25) is 5.91 Å². The van der Waals surface area contributed by atoms with Gasteiger partial charge in [0.15, 0.2) is 0 Å². The van der Waals surface area contributed by atoms with E-state index < -0.39 is 0 Å². The highest BCUT2D eigenvalue weighted by molar-refractivity contribution is 5.74. The molecule has 2 aromatic rings. The lowest BCUT2D eigenvalue weighted by Gasteiger charge is -2.35. The van der Waals surface area contributed by atoms with Crippen LogP contribution in [0, 0.1) is 0 Å². The van der Waals surface area contributed by atoms with Gasteiger partial charge in [0.1, 0.15) is 11.6 Å². The van der Waals surface area contributed by atoms with E-state index in [4.69, 9.17) is 0 Å². The molecule has 1 saturated heterocycles. The Morgan fingerprint density at radius 2 is 2.18 bits per heavy atom. The molecule has 0 radical (unpaired) electrons. The fourth-order valence-electron chi connectivity index (χ4n) is 3.20. The Bertz CT molecular complexity index is 647. The van der Waals surface area contributed by atoms with Crippen molar-refractivity contribution in [3.05, 3.63) is 42.1 Å². The Morgan fingerprint density at radius 3 is 2.86 bits per heavy atom. The summed E-state index contributed by atoms with van der Waals surface area (Å²) in [5.74, 6) is 2.03. The third-order valence-corrected chi connectivity index (χ3v) is 4.34. The van der Waals surface area contributed by atoms with E-state index in [1.165, 1.54) is 0 Å². The maximum absolute atomic E-state index is 11.8. The van der Waals surface area contributed by atoms with Gasteiger partial charge in [0.25, 0.3) is 0 Å². The van der Waals surface area contributed by atoms with Crippen LogP contribution in [0.5, 0.6) is 0 Å². The van der Waals surface area contributed by atoms with Gasteiger partial charge in [-0.2, -0.15) is 0 Å². The van der Waals surface area contributed by atoms with Crippen LogP contribution in [-0.4, -0.2) is 31.9 Å². The Balaban J connectivity index is 1.86. The summed E-state index contributed by atoms with van der Waals surface area (Å²) >= 11 is 0. The fourth-order valence-corrected chi connectivity index (χ4v) is 3.20. The molecule has 22 heavy (non-hydrogen) atoms. The lowest BCUT2D eigenvalue weighted by molar-refractivity contribution is -0.132. The van der Waals surface area contributed by atoms with E-state index >= 15 is 0 Å². The second-order valence-electron chi connectivity index (χ2n) is 5.74. The fraction of sp³-hybridized carbons (Fsp3) is 0.471. The average molecular weight is 298 g/mol. The van der Waals surface area contributed by atoms with Gasteiger partial charge in [-0.25, -0.2) is 9.97 Å². The van der Waals surface area contributed by atoms with Crippen molar-refractivity contribution in [3.8, 4) is 5.82 Å². The van der Waals surface area contributed by atoms with Crippen LogP contribution < -0.4 is 0 Å². The first kappa shape index (κ1) is 14.8. The van der Waals surface area contributed by atoms with Crippen LogP contribution in [-0.2, 0) is 11.2 Å². The van der Waals surface area contributed by atoms with E-state index in [9.17, 15) is 4.79 Å². The number of rotatable bonds is 3. The number of pyridine rings is 1. The maximum Gasteiger partial charge on any atom is 0.219 e. The number of amides is 1. The number of hydrogen-bond donors (Lipinski definition) is 0. The maximum atomic E-state index is 11.8. The van der Waals surface area contributed by atoms with Crippen LogP contribution in [0.1, 0.15) is 50.5 Å². The van der Waals surface area contributed by atoms with E-state index in [0.717, 1.165) is 49.4 Å². The first-order valence-electron chi connectivity index (χ1n) is 7.96. The summed E-state index contributed by atoms with van der Waals surface area (Å²) in [6.07, 6.45) is 9.79. The zero-order valence-electron chi connectivity index (χ0n) is 13.2. The summed E-state index contributed by atoms with van der Waals surface area (Å²) in [6.45, 7) is 4.59. The summed E-state index contributed by atoms with van der Waals surface area (Å²) in [7, 11) is 0. The molecule has 0 aliphatic carbocycles. The molecular weight excluding hydrogens is 276 g/mol. The molecule has 3 rings (SSSR count). The zero-order chi connectivity index (χ0) is 15.5. The summed E-state index contributed by atoms with van der Waals surface area (Å²) in [6, 6.07) is 4.28. The smallest absolute Gasteiger partial charge is 0.219 e. The predicted octanol–water partition coefficient (Wildman–Crippen LogP) is 2.90. The lowest BCUT2D eigenvalue weighted by atomic mass is 9.96. The van der Waals surface area contributed by atoms with Crippen molar-refractivity contribution < 1.29 is 4.79 Å². The van der Waals surface area contributed by atoms with Gasteiger partial charge in [-0.1, -0.05) is 13.0 Å².